The van der Waals surface area contributed by atoms with Gasteiger partial charge in [0.1, 0.15) is 5.75 Å². The molecule has 1 N–H and O–H groups in total. The monoisotopic (exact) mass is 306 g/mol. The summed E-state index contributed by atoms with van der Waals surface area (Å²) < 4.78 is 5.17. The van der Waals surface area contributed by atoms with Crippen molar-refractivity contribution in [2.45, 2.75) is 44.6 Å². The summed E-state index contributed by atoms with van der Waals surface area (Å²) >= 11 is 5.51. The highest BCUT2D eigenvalue weighted by Crippen LogP contribution is 2.21. The molecule has 0 aliphatic heterocycles. The van der Waals surface area contributed by atoms with E-state index in [0.717, 1.165) is 23.8 Å². The maximum absolute atomic E-state index is 5.51. The van der Waals surface area contributed by atoms with Crippen LogP contribution in [0.4, 0.5) is 0 Å². The van der Waals surface area contributed by atoms with Crippen LogP contribution < -0.4 is 10.1 Å². The molecule has 1 fully saturated rings. The Hall–Kier alpha value is -1.29. The second-order valence-corrected chi connectivity index (χ2v) is 6.12. The minimum Gasteiger partial charge on any atom is -0.497 e. The standard InChI is InChI=1S/C17H26N2OS/c1-19(15-6-4-3-5-7-15)17(21)18-13-12-14-8-10-16(20-2)11-9-14/h8-11,15H,3-7,12-13H2,1-2H3,(H,18,21). The summed E-state index contributed by atoms with van der Waals surface area (Å²) in [5, 5.41) is 4.27. The van der Waals surface area contributed by atoms with Crippen molar-refractivity contribution >= 4 is 17.3 Å². The molecule has 0 bridgehead atoms. The van der Waals surface area contributed by atoms with Crippen LogP contribution in [-0.4, -0.2) is 36.8 Å². The Morgan fingerprint density at radius 2 is 1.90 bits per heavy atom. The van der Waals surface area contributed by atoms with Gasteiger partial charge >= 0.3 is 0 Å². The van der Waals surface area contributed by atoms with Crippen LogP contribution in [0.1, 0.15) is 37.7 Å². The van der Waals surface area contributed by atoms with E-state index < -0.39 is 0 Å². The van der Waals surface area contributed by atoms with Gasteiger partial charge in [0.15, 0.2) is 5.11 Å². The number of rotatable bonds is 5. The SMILES string of the molecule is COc1ccc(CCNC(=S)N(C)C2CCCCC2)cc1. The molecule has 0 saturated heterocycles. The van der Waals surface area contributed by atoms with Gasteiger partial charge in [-0.3, -0.25) is 0 Å². The van der Waals surface area contributed by atoms with Crippen LogP contribution in [0, 0.1) is 0 Å². The van der Waals surface area contributed by atoms with E-state index in [1.807, 2.05) is 12.1 Å². The normalized spacial score (nSPS) is 15.5. The largest absolute Gasteiger partial charge is 0.497 e. The molecule has 1 aromatic carbocycles. The summed E-state index contributed by atoms with van der Waals surface area (Å²) in [6.45, 7) is 0.877. The zero-order valence-electron chi connectivity index (χ0n) is 13.1. The average molecular weight is 306 g/mol. The number of benzene rings is 1. The molecule has 1 aliphatic carbocycles. The van der Waals surface area contributed by atoms with Gasteiger partial charge < -0.3 is 15.0 Å². The molecular formula is C17H26N2OS. The van der Waals surface area contributed by atoms with Gasteiger partial charge in [-0.05, 0) is 49.2 Å². The Morgan fingerprint density at radius 1 is 1.24 bits per heavy atom. The summed E-state index contributed by atoms with van der Waals surface area (Å²) in [5.74, 6) is 0.902. The molecule has 0 amide bonds. The molecule has 1 saturated carbocycles. The first kappa shape index (κ1) is 16.1. The topological polar surface area (TPSA) is 24.5 Å². The molecule has 1 aliphatic rings. The van der Waals surface area contributed by atoms with Crippen molar-refractivity contribution in [3.8, 4) is 5.75 Å². The van der Waals surface area contributed by atoms with Crippen LogP contribution in [0.15, 0.2) is 24.3 Å². The van der Waals surface area contributed by atoms with Crippen molar-refractivity contribution in [2.24, 2.45) is 0 Å². The molecule has 4 heteroatoms. The third-order valence-electron chi connectivity index (χ3n) is 4.29. The van der Waals surface area contributed by atoms with Crippen LogP contribution >= 0.6 is 12.2 Å². The van der Waals surface area contributed by atoms with Gasteiger partial charge in [0, 0.05) is 19.6 Å². The second-order valence-electron chi connectivity index (χ2n) is 5.73. The lowest BCUT2D eigenvalue weighted by Gasteiger charge is -2.33. The molecule has 21 heavy (non-hydrogen) atoms. The Morgan fingerprint density at radius 3 is 2.52 bits per heavy atom. The predicted molar refractivity (Wildman–Crippen MR) is 91.9 cm³/mol. The van der Waals surface area contributed by atoms with Gasteiger partial charge in [-0.1, -0.05) is 31.4 Å². The fourth-order valence-electron chi connectivity index (χ4n) is 2.86. The number of ether oxygens (including phenoxy) is 1. The number of hydrogen-bond acceptors (Lipinski definition) is 2. The minimum atomic E-state index is 0.625. The molecule has 0 atom stereocenters. The Balaban J connectivity index is 1.72. The molecule has 0 aromatic heterocycles. The number of methoxy groups -OCH3 is 1. The molecule has 0 spiro atoms. The first-order valence-corrected chi connectivity index (χ1v) is 8.25. The lowest BCUT2D eigenvalue weighted by atomic mass is 9.95. The average Bonchev–Trinajstić information content (AvgIpc) is 2.55. The van der Waals surface area contributed by atoms with Gasteiger partial charge in [-0.15, -0.1) is 0 Å². The zero-order chi connectivity index (χ0) is 15.1. The molecule has 0 heterocycles. The summed E-state index contributed by atoms with van der Waals surface area (Å²) in [7, 11) is 3.81. The highest BCUT2D eigenvalue weighted by molar-refractivity contribution is 7.80. The Bertz CT molecular complexity index is 441. The maximum atomic E-state index is 5.51. The van der Waals surface area contributed by atoms with Crippen LogP contribution in [0.3, 0.4) is 0 Å². The summed E-state index contributed by atoms with van der Waals surface area (Å²) in [4.78, 5) is 2.25. The van der Waals surface area contributed by atoms with E-state index >= 15 is 0 Å². The first-order valence-electron chi connectivity index (χ1n) is 7.84. The van der Waals surface area contributed by atoms with E-state index in [2.05, 4.69) is 29.4 Å². The number of nitrogens with one attached hydrogen (secondary N) is 1. The molecule has 0 radical (unpaired) electrons. The maximum Gasteiger partial charge on any atom is 0.168 e. The highest BCUT2D eigenvalue weighted by atomic mass is 32.1. The van der Waals surface area contributed by atoms with E-state index in [4.69, 9.17) is 17.0 Å². The Labute approximate surface area is 133 Å². The molecule has 3 nitrogen and oxygen atoms in total. The van der Waals surface area contributed by atoms with Gasteiger partial charge in [-0.25, -0.2) is 0 Å². The lowest BCUT2D eigenvalue weighted by Crippen LogP contribution is -2.44. The summed E-state index contributed by atoms with van der Waals surface area (Å²) in [6, 6.07) is 8.84. The smallest absolute Gasteiger partial charge is 0.168 e. The molecule has 1 aromatic rings. The van der Waals surface area contributed by atoms with E-state index in [0.29, 0.717) is 6.04 Å². The van der Waals surface area contributed by atoms with Gasteiger partial charge in [0.25, 0.3) is 0 Å². The van der Waals surface area contributed by atoms with Crippen molar-refractivity contribution in [3.05, 3.63) is 29.8 Å². The third kappa shape index (κ3) is 4.88. The van der Waals surface area contributed by atoms with Gasteiger partial charge in [0.2, 0.25) is 0 Å². The summed E-state index contributed by atoms with van der Waals surface area (Å²) in [6.07, 6.45) is 7.57. The van der Waals surface area contributed by atoms with Crippen molar-refractivity contribution in [2.75, 3.05) is 20.7 Å². The quantitative estimate of drug-likeness (QED) is 0.843. The number of nitrogens with zero attached hydrogens (tertiary/aromatic N) is 1. The van der Waals surface area contributed by atoms with E-state index in [1.165, 1.54) is 37.7 Å². The van der Waals surface area contributed by atoms with E-state index in [-0.39, 0.29) is 0 Å². The van der Waals surface area contributed by atoms with Crippen LogP contribution in [0.2, 0.25) is 0 Å². The van der Waals surface area contributed by atoms with Gasteiger partial charge in [0.05, 0.1) is 7.11 Å². The molecule has 116 valence electrons. The Kier molecular flexibility index (Phi) is 6.30. The first-order chi connectivity index (χ1) is 10.2. The summed E-state index contributed by atoms with van der Waals surface area (Å²) in [5.41, 5.74) is 1.30. The van der Waals surface area contributed by atoms with Gasteiger partial charge in [-0.2, -0.15) is 0 Å². The van der Waals surface area contributed by atoms with Crippen molar-refractivity contribution < 1.29 is 4.74 Å². The molecule has 0 unspecified atom stereocenters. The van der Waals surface area contributed by atoms with Crippen LogP contribution in [0.25, 0.3) is 0 Å². The minimum absolute atomic E-state index is 0.625. The van der Waals surface area contributed by atoms with E-state index in [1.54, 1.807) is 7.11 Å². The van der Waals surface area contributed by atoms with Crippen molar-refractivity contribution in [3.63, 3.8) is 0 Å². The highest BCUT2D eigenvalue weighted by Gasteiger charge is 2.19. The predicted octanol–water partition coefficient (Wildman–Crippen LogP) is 3.38. The second kappa shape index (κ2) is 8.23. The van der Waals surface area contributed by atoms with E-state index in [9.17, 15) is 0 Å². The fourth-order valence-corrected chi connectivity index (χ4v) is 3.12. The fraction of sp³-hybridized carbons (Fsp3) is 0.588. The van der Waals surface area contributed by atoms with Crippen molar-refractivity contribution in [1.29, 1.82) is 0 Å². The van der Waals surface area contributed by atoms with Crippen LogP contribution in [-0.2, 0) is 6.42 Å². The number of thiocarbonyl (C=S) groups is 1. The molecule has 2 rings (SSSR count). The van der Waals surface area contributed by atoms with Crippen LogP contribution in [0.5, 0.6) is 5.75 Å². The van der Waals surface area contributed by atoms with Crippen molar-refractivity contribution in [1.82, 2.24) is 10.2 Å². The lowest BCUT2D eigenvalue weighted by molar-refractivity contribution is 0.276. The zero-order valence-corrected chi connectivity index (χ0v) is 13.9. The number of hydrogen-bond donors (Lipinski definition) is 1. The third-order valence-corrected chi connectivity index (χ3v) is 4.72. The molecular weight excluding hydrogens is 280 g/mol.